The highest BCUT2D eigenvalue weighted by molar-refractivity contribution is 4.88. The van der Waals surface area contributed by atoms with Gasteiger partial charge in [-0.25, -0.2) is 0 Å². The number of β-amino-alcohol motifs (C(OH)–C–C–N with tert-alkyl or cyclic N) is 1. The van der Waals surface area contributed by atoms with Gasteiger partial charge in [-0.15, -0.1) is 0 Å². The quantitative estimate of drug-likeness (QED) is 0.786. The fourth-order valence-electron chi connectivity index (χ4n) is 3.93. The van der Waals surface area contributed by atoms with Crippen LogP contribution in [0.5, 0.6) is 0 Å². The Morgan fingerprint density at radius 1 is 1.20 bits per heavy atom. The molecular weight excluding hydrogens is 248 g/mol. The molecule has 3 heteroatoms. The van der Waals surface area contributed by atoms with Crippen molar-refractivity contribution in [3.8, 4) is 0 Å². The first kappa shape index (κ1) is 16.3. The molecule has 1 heterocycles. The Morgan fingerprint density at radius 2 is 1.85 bits per heavy atom. The Kier molecular flexibility index (Phi) is 6.31. The van der Waals surface area contributed by atoms with E-state index in [9.17, 15) is 5.11 Å². The molecule has 0 aromatic rings. The molecule has 1 aliphatic carbocycles. The van der Waals surface area contributed by atoms with Crippen LogP contribution in [-0.2, 0) is 0 Å². The minimum Gasteiger partial charge on any atom is -0.389 e. The molecule has 1 aliphatic heterocycles. The van der Waals surface area contributed by atoms with E-state index in [1.165, 1.54) is 51.6 Å². The first-order valence-corrected chi connectivity index (χ1v) is 8.81. The van der Waals surface area contributed by atoms with Gasteiger partial charge >= 0.3 is 0 Å². The molecular formula is C17H34N2O. The van der Waals surface area contributed by atoms with Crippen molar-refractivity contribution in [1.82, 2.24) is 10.2 Å². The maximum Gasteiger partial charge on any atom is 0.0774 e. The van der Waals surface area contributed by atoms with Crippen LogP contribution in [-0.4, -0.2) is 47.8 Å². The highest BCUT2D eigenvalue weighted by Gasteiger charge is 2.33. The summed E-state index contributed by atoms with van der Waals surface area (Å²) in [7, 11) is 0. The van der Waals surface area contributed by atoms with Crippen LogP contribution in [0.15, 0.2) is 0 Å². The van der Waals surface area contributed by atoms with Crippen LogP contribution >= 0.6 is 0 Å². The third-order valence-corrected chi connectivity index (χ3v) is 5.36. The van der Waals surface area contributed by atoms with Gasteiger partial charge < -0.3 is 15.3 Å². The van der Waals surface area contributed by atoms with Crippen LogP contribution in [0, 0.1) is 5.92 Å². The maximum absolute atomic E-state index is 10.7. The third kappa shape index (κ3) is 4.71. The second-order valence-corrected chi connectivity index (χ2v) is 7.14. The Hall–Kier alpha value is -0.120. The number of rotatable bonds is 6. The molecule has 2 N–H and O–H groups in total. The first-order valence-electron chi connectivity index (χ1n) is 8.81. The van der Waals surface area contributed by atoms with Gasteiger partial charge in [0.1, 0.15) is 0 Å². The van der Waals surface area contributed by atoms with Crippen LogP contribution in [0.1, 0.15) is 65.2 Å². The lowest BCUT2D eigenvalue weighted by Gasteiger charge is -2.41. The summed E-state index contributed by atoms with van der Waals surface area (Å²) in [6.07, 6.45) is 9.56. The lowest BCUT2D eigenvalue weighted by atomic mass is 9.83. The Balaban J connectivity index is 1.71. The number of nitrogens with zero attached hydrogens (tertiary/aromatic N) is 1. The molecule has 20 heavy (non-hydrogen) atoms. The maximum atomic E-state index is 10.7. The molecule has 0 aromatic carbocycles. The van der Waals surface area contributed by atoms with Crippen molar-refractivity contribution >= 4 is 0 Å². The van der Waals surface area contributed by atoms with Crippen molar-refractivity contribution in [3.63, 3.8) is 0 Å². The van der Waals surface area contributed by atoms with Gasteiger partial charge in [0, 0.05) is 12.6 Å². The van der Waals surface area contributed by atoms with Crippen LogP contribution in [0.25, 0.3) is 0 Å². The van der Waals surface area contributed by atoms with E-state index in [1.54, 1.807) is 0 Å². The number of hydrogen-bond acceptors (Lipinski definition) is 3. The van der Waals surface area contributed by atoms with Crippen molar-refractivity contribution in [2.75, 3.05) is 26.2 Å². The summed E-state index contributed by atoms with van der Waals surface area (Å²) in [4.78, 5) is 2.51. The molecule has 118 valence electrons. The van der Waals surface area contributed by atoms with Gasteiger partial charge in [-0.3, -0.25) is 0 Å². The molecule has 0 bridgehead atoms. The predicted molar refractivity (Wildman–Crippen MR) is 85.0 cm³/mol. The Morgan fingerprint density at radius 3 is 2.45 bits per heavy atom. The number of piperidine rings is 1. The molecule has 1 atom stereocenters. The van der Waals surface area contributed by atoms with Crippen LogP contribution in [0.3, 0.4) is 0 Å². The van der Waals surface area contributed by atoms with E-state index >= 15 is 0 Å². The van der Waals surface area contributed by atoms with Crippen LogP contribution in [0.4, 0.5) is 0 Å². The standard InChI is InChI=1S/C17H34N2O/c1-3-11-18-15(2)16-7-12-19(13-8-16)14-17(20)9-5-4-6-10-17/h15-16,18,20H,3-14H2,1-2H3. The van der Waals surface area contributed by atoms with E-state index in [0.29, 0.717) is 6.04 Å². The van der Waals surface area contributed by atoms with Gasteiger partial charge in [-0.2, -0.15) is 0 Å². The normalized spacial score (nSPS) is 26.6. The highest BCUT2D eigenvalue weighted by Crippen LogP contribution is 2.30. The molecule has 2 rings (SSSR count). The minimum absolute atomic E-state index is 0.378. The molecule has 1 saturated carbocycles. The van der Waals surface area contributed by atoms with Crippen LogP contribution in [0.2, 0.25) is 0 Å². The summed E-state index contributed by atoms with van der Waals surface area (Å²) in [5.41, 5.74) is -0.378. The van der Waals surface area contributed by atoms with Gasteiger partial charge in [0.15, 0.2) is 0 Å². The molecule has 0 aromatic heterocycles. The minimum atomic E-state index is -0.378. The average molecular weight is 282 g/mol. The third-order valence-electron chi connectivity index (χ3n) is 5.36. The summed E-state index contributed by atoms with van der Waals surface area (Å²) in [6.45, 7) is 8.96. The number of aliphatic hydroxyl groups is 1. The second kappa shape index (κ2) is 7.77. The molecule has 1 saturated heterocycles. The largest absolute Gasteiger partial charge is 0.389 e. The fourth-order valence-corrected chi connectivity index (χ4v) is 3.93. The number of likely N-dealkylation sites (tertiary alicyclic amines) is 1. The lowest BCUT2D eigenvalue weighted by Crippen LogP contribution is -2.49. The van der Waals surface area contributed by atoms with E-state index in [-0.39, 0.29) is 5.60 Å². The van der Waals surface area contributed by atoms with Gasteiger partial charge in [-0.1, -0.05) is 26.2 Å². The molecule has 1 unspecified atom stereocenters. The van der Waals surface area contributed by atoms with Crippen molar-refractivity contribution in [1.29, 1.82) is 0 Å². The summed E-state index contributed by atoms with van der Waals surface area (Å²) in [5, 5.41) is 14.3. The Bertz CT molecular complexity index is 268. The van der Waals surface area contributed by atoms with E-state index in [1.807, 2.05) is 0 Å². The molecule has 3 nitrogen and oxygen atoms in total. The van der Waals surface area contributed by atoms with E-state index < -0.39 is 0 Å². The Labute approximate surface area is 125 Å². The average Bonchev–Trinajstić information content (AvgIpc) is 2.46. The summed E-state index contributed by atoms with van der Waals surface area (Å²) < 4.78 is 0. The van der Waals surface area contributed by atoms with Crippen molar-refractivity contribution < 1.29 is 5.11 Å². The number of hydrogen-bond donors (Lipinski definition) is 2. The van der Waals surface area contributed by atoms with Gasteiger partial charge in [0.25, 0.3) is 0 Å². The molecule has 2 aliphatic rings. The zero-order chi connectivity index (χ0) is 14.4. The monoisotopic (exact) mass is 282 g/mol. The summed E-state index contributed by atoms with van der Waals surface area (Å²) in [6, 6.07) is 0.648. The van der Waals surface area contributed by atoms with Gasteiger partial charge in [0.2, 0.25) is 0 Å². The lowest BCUT2D eigenvalue weighted by molar-refractivity contribution is -0.0335. The SMILES string of the molecule is CCCNC(C)C1CCN(CC2(O)CCCCC2)CC1. The van der Waals surface area contributed by atoms with Gasteiger partial charge in [-0.05, 0) is 64.6 Å². The first-order chi connectivity index (χ1) is 9.63. The zero-order valence-corrected chi connectivity index (χ0v) is 13.5. The number of nitrogens with one attached hydrogen (secondary N) is 1. The van der Waals surface area contributed by atoms with E-state index in [4.69, 9.17) is 0 Å². The van der Waals surface area contributed by atoms with E-state index in [0.717, 1.165) is 31.8 Å². The predicted octanol–water partition coefficient (Wildman–Crippen LogP) is 2.78. The van der Waals surface area contributed by atoms with Crippen molar-refractivity contribution in [2.24, 2.45) is 5.92 Å². The van der Waals surface area contributed by atoms with Crippen LogP contribution < -0.4 is 5.32 Å². The fraction of sp³-hybridized carbons (Fsp3) is 1.00. The molecule has 2 fully saturated rings. The molecule has 0 spiro atoms. The molecule has 0 radical (unpaired) electrons. The smallest absolute Gasteiger partial charge is 0.0774 e. The molecule has 0 amide bonds. The summed E-state index contributed by atoms with van der Waals surface area (Å²) in [5.74, 6) is 0.818. The van der Waals surface area contributed by atoms with E-state index in [2.05, 4.69) is 24.1 Å². The van der Waals surface area contributed by atoms with Crippen molar-refractivity contribution in [3.05, 3.63) is 0 Å². The van der Waals surface area contributed by atoms with Crippen molar-refractivity contribution in [2.45, 2.75) is 76.9 Å². The summed E-state index contributed by atoms with van der Waals surface area (Å²) >= 11 is 0. The second-order valence-electron chi connectivity index (χ2n) is 7.14. The topological polar surface area (TPSA) is 35.5 Å². The van der Waals surface area contributed by atoms with Gasteiger partial charge in [0.05, 0.1) is 5.60 Å². The highest BCUT2D eigenvalue weighted by atomic mass is 16.3. The zero-order valence-electron chi connectivity index (χ0n) is 13.5.